The molecule has 0 aliphatic carbocycles. The maximum Gasteiger partial charge on any atom is 0.420 e. The van der Waals surface area contributed by atoms with E-state index in [2.05, 4.69) is 10.3 Å². The summed E-state index contributed by atoms with van der Waals surface area (Å²) in [4.78, 5) is 3.14. The fourth-order valence-corrected chi connectivity index (χ4v) is 1.69. The molecule has 1 aromatic carbocycles. The number of hydrogen-bond acceptors (Lipinski definition) is 3. The number of halogens is 6. The lowest BCUT2D eigenvalue weighted by atomic mass is 10.2. The molecule has 0 saturated carbocycles. The van der Waals surface area contributed by atoms with Crippen molar-refractivity contribution in [2.45, 2.75) is 6.18 Å². The highest BCUT2D eigenvalue weighted by Crippen LogP contribution is 2.32. The summed E-state index contributed by atoms with van der Waals surface area (Å²) in [5.74, 6) is -2.67. The summed E-state index contributed by atoms with van der Waals surface area (Å²) in [6.07, 6.45) is -4.84. The second-order valence-corrected chi connectivity index (χ2v) is 4.42. The van der Waals surface area contributed by atoms with Gasteiger partial charge in [-0.3, -0.25) is 0 Å². The van der Waals surface area contributed by atoms with Crippen molar-refractivity contribution < 1.29 is 22.0 Å². The number of anilines is 3. The van der Waals surface area contributed by atoms with Crippen molar-refractivity contribution in [2.75, 3.05) is 11.1 Å². The molecule has 0 atom stereocenters. The molecule has 21 heavy (non-hydrogen) atoms. The van der Waals surface area contributed by atoms with Gasteiger partial charge in [-0.25, -0.2) is 9.37 Å². The Morgan fingerprint density at radius 2 is 1.81 bits per heavy atom. The molecule has 0 bridgehead atoms. The number of nitrogens with zero attached hydrogens (tertiary/aromatic N) is 1. The van der Waals surface area contributed by atoms with Gasteiger partial charge in [0.15, 0.2) is 0 Å². The lowest BCUT2D eigenvalue weighted by Crippen LogP contribution is -2.10. The minimum atomic E-state index is -4.84. The first-order valence-corrected chi connectivity index (χ1v) is 5.81. The number of pyridine rings is 1. The number of nitrogen functional groups attached to an aromatic ring is 1. The molecule has 0 aliphatic rings. The van der Waals surface area contributed by atoms with E-state index < -0.39 is 23.5 Å². The predicted octanol–water partition coefficient (Wildman–Crippen LogP) is 4.36. The molecule has 2 rings (SSSR count). The van der Waals surface area contributed by atoms with Gasteiger partial charge in [0.05, 0.1) is 16.4 Å². The quantitative estimate of drug-likeness (QED) is 0.490. The van der Waals surface area contributed by atoms with Crippen LogP contribution in [0.5, 0.6) is 0 Å². The standard InChI is InChI=1S/C12H7ClF5N3/c13-6-3-9(8(19)4-7(6)14)20-10-2-1-5(11(15)21-10)12(16,17)18/h1-4H,19H2,(H,20,21). The average Bonchev–Trinajstić information content (AvgIpc) is 2.34. The Morgan fingerprint density at radius 3 is 2.38 bits per heavy atom. The maximum absolute atomic E-state index is 13.3. The van der Waals surface area contributed by atoms with Gasteiger partial charge in [0.2, 0.25) is 5.95 Å². The van der Waals surface area contributed by atoms with Crippen molar-refractivity contribution in [2.24, 2.45) is 0 Å². The lowest BCUT2D eigenvalue weighted by molar-refractivity contribution is -0.140. The Labute approximate surface area is 120 Å². The summed E-state index contributed by atoms with van der Waals surface area (Å²) in [7, 11) is 0. The highest BCUT2D eigenvalue weighted by Gasteiger charge is 2.34. The molecular weight excluding hydrogens is 317 g/mol. The van der Waals surface area contributed by atoms with Gasteiger partial charge in [-0.15, -0.1) is 0 Å². The fourth-order valence-electron chi connectivity index (χ4n) is 1.52. The third-order valence-corrected chi connectivity index (χ3v) is 2.80. The van der Waals surface area contributed by atoms with Crippen LogP contribution in [0.4, 0.5) is 39.1 Å². The van der Waals surface area contributed by atoms with Crippen molar-refractivity contribution in [3.05, 3.63) is 46.6 Å². The molecule has 0 unspecified atom stereocenters. The zero-order valence-corrected chi connectivity index (χ0v) is 10.9. The van der Waals surface area contributed by atoms with Crippen LogP contribution >= 0.6 is 11.6 Å². The summed E-state index contributed by atoms with van der Waals surface area (Å²) >= 11 is 5.55. The second-order valence-electron chi connectivity index (χ2n) is 4.01. The van der Waals surface area contributed by atoms with E-state index in [0.29, 0.717) is 6.07 Å². The lowest BCUT2D eigenvalue weighted by Gasteiger charge is -2.12. The zero-order chi connectivity index (χ0) is 15.8. The maximum atomic E-state index is 13.3. The van der Waals surface area contributed by atoms with Crippen LogP contribution in [0.15, 0.2) is 24.3 Å². The third-order valence-electron chi connectivity index (χ3n) is 2.51. The normalized spacial score (nSPS) is 11.5. The summed E-state index contributed by atoms with van der Waals surface area (Å²) in [5.41, 5.74) is 4.06. The number of nitrogens with one attached hydrogen (secondary N) is 1. The van der Waals surface area contributed by atoms with Gasteiger partial charge in [0.25, 0.3) is 0 Å². The molecule has 0 radical (unpaired) electrons. The number of rotatable bonds is 2. The predicted molar refractivity (Wildman–Crippen MR) is 68.3 cm³/mol. The Morgan fingerprint density at radius 1 is 1.14 bits per heavy atom. The van der Waals surface area contributed by atoms with Gasteiger partial charge in [0.1, 0.15) is 17.2 Å². The first-order valence-electron chi connectivity index (χ1n) is 5.44. The van der Waals surface area contributed by atoms with Crippen LogP contribution in [0.25, 0.3) is 0 Å². The second kappa shape index (κ2) is 5.36. The van der Waals surface area contributed by atoms with Crippen LogP contribution < -0.4 is 11.1 Å². The average molecular weight is 324 g/mol. The highest BCUT2D eigenvalue weighted by atomic mass is 35.5. The van der Waals surface area contributed by atoms with E-state index in [1.165, 1.54) is 0 Å². The first kappa shape index (κ1) is 15.3. The van der Waals surface area contributed by atoms with E-state index in [9.17, 15) is 22.0 Å². The first-order chi connectivity index (χ1) is 9.68. The topological polar surface area (TPSA) is 50.9 Å². The summed E-state index contributed by atoms with van der Waals surface area (Å²) in [6, 6.07) is 3.49. The number of nitrogens with two attached hydrogens (primary N) is 1. The number of benzene rings is 1. The highest BCUT2D eigenvalue weighted by molar-refractivity contribution is 6.31. The summed E-state index contributed by atoms with van der Waals surface area (Å²) in [5, 5.41) is 2.21. The largest absolute Gasteiger partial charge is 0.420 e. The Bertz CT molecular complexity index is 687. The Hall–Kier alpha value is -2.09. The van der Waals surface area contributed by atoms with Gasteiger partial charge < -0.3 is 11.1 Å². The fraction of sp³-hybridized carbons (Fsp3) is 0.0833. The summed E-state index contributed by atoms with van der Waals surface area (Å²) in [6.45, 7) is 0. The SMILES string of the molecule is Nc1cc(F)c(Cl)cc1Nc1ccc(C(F)(F)F)c(F)n1. The van der Waals surface area contributed by atoms with Crippen molar-refractivity contribution >= 4 is 28.8 Å². The van der Waals surface area contributed by atoms with Crippen molar-refractivity contribution in [3.63, 3.8) is 0 Å². The van der Waals surface area contributed by atoms with Crippen LogP contribution in [0, 0.1) is 11.8 Å². The van der Waals surface area contributed by atoms with Gasteiger partial charge >= 0.3 is 6.18 Å². The number of alkyl halides is 3. The molecule has 9 heteroatoms. The molecule has 1 heterocycles. The van der Waals surface area contributed by atoms with Gasteiger partial charge in [-0.1, -0.05) is 11.6 Å². The number of aromatic nitrogens is 1. The van der Waals surface area contributed by atoms with Crippen molar-refractivity contribution in [1.82, 2.24) is 4.98 Å². The van der Waals surface area contributed by atoms with E-state index >= 15 is 0 Å². The molecule has 0 saturated heterocycles. The molecule has 3 nitrogen and oxygen atoms in total. The van der Waals surface area contributed by atoms with E-state index in [-0.39, 0.29) is 22.2 Å². The zero-order valence-electron chi connectivity index (χ0n) is 10.1. The number of hydrogen-bond donors (Lipinski definition) is 2. The molecule has 0 amide bonds. The Kier molecular flexibility index (Phi) is 3.91. The van der Waals surface area contributed by atoms with Crippen LogP contribution in [0.3, 0.4) is 0 Å². The van der Waals surface area contributed by atoms with E-state index in [0.717, 1.165) is 18.2 Å². The van der Waals surface area contributed by atoms with E-state index in [1.54, 1.807) is 0 Å². The molecule has 0 fully saturated rings. The Balaban J connectivity index is 2.33. The minimum Gasteiger partial charge on any atom is -0.397 e. The molecule has 112 valence electrons. The minimum absolute atomic E-state index is 0.0565. The van der Waals surface area contributed by atoms with Gasteiger partial charge in [0, 0.05) is 6.07 Å². The molecule has 0 aliphatic heterocycles. The molecule has 3 N–H and O–H groups in total. The monoisotopic (exact) mass is 323 g/mol. The van der Waals surface area contributed by atoms with Crippen molar-refractivity contribution in [1.29, 1.82) is 0 Å². The van der Waals surface area contributed by atoms with Gasteiger partial charge in [-0.2, -0.15) is 17.6 Å². The molecule has 2 aromatic rings. The van der Waals surface area contributed by atoms with E-state index in [4.69, 9.17) is 17.3 Å². The van der Waals surface area contributed by atoms with Crippen LogP contribution in [0.1, 0.15) is 5.56 Å². The van der Waals surface area contributed by atoms with Crippen LogP contribution in [-0.4, -0.2) is 4.98 Å². The van der Waals surface area contributed by atoms with Gasteiger partial charge in [-0.05, 0) is 18.2 Å². The van der Waals surface area contributed by atoms with Crippen LogP contribution in [0.2, 0.25) is 5.02 Å². The third kappa shape index (κ3) is 3.33. The molecular formula is C12H7ClF5N3. The molecule has 0 spiro atoms. The van der Waals surface area contributed by atoms with E-state index in [1.807, 2.05) is 0 Å². The summed E-state index contributed by atoms with van der Waals surface area (Å²) < 4.78 is 63.6. The molecule has 1 aromatic heterocycles. The van der Waals surface area contributed by atoms with Crippen molar-refractivity contribution in [3.8, 4) is 0 Å². The van der Waals surface area contributed by atoms with Crippen LogP contribution in [-0.2, 0) is 6.18 Å². The smallest absolute Gasteiger partial charge is 0.397 e.